The molecule has 0 unspecified atom stereocenters. The highest BCUT2D eigenvalue weighted by Gasteiger charge is 2.16. The Hall–Kier alpha value is -2.05. The third-order valence-corrected chi connectivity index (χ3v) is 5.02. The predicted octanol–water partition coefficient (Wildman–Crippen LogP) is 4.89. The molecule has 0 saturated carbocycles. The van der Waals surface area contributed by atoms with E-state index in [1.54, 1.807) is 30.0 Å². The van der Waals surface area contributed by atoms with Crippen LogP contribution in [-0.2, 0) is 12.3 Å². The molecule has 1 aromatic heterocycles. The number of allylic oxidation sites excluding steroid dienone is 1. The van der Waals surface area contributed by atoms with Gasteiger partial charge < -0.3 is 5.11 Å². The Morgan fingerprint density at radius 1 is 1.12 bits per heavy atom. The van der Waals surface area contributed by atoms with Crippen molar-refractivity contribution in [1.82, 2.24) is 14.8 Å². The van der Waals surface area contributed by atoms with Gasteiger partial charge in [-0.1, -0.05) is 58.0 Å². The lowest BCUT2D eigenvalue weighted by Gasteiger charge is -2.09. The molecular formula is C18H16BrN3OS. The maximum Gasteiger partial charge on any atom is 0.192 e. The van der Waals surface area contributed by atoms with Crippen LogP contribution < -0.4 is 0 Å². The molecule has 1 N–H and O–H groups in total. The Kier molecular flexibility index (Phi) is 5.37. The topological polar surface area (TPSA) is 50.9 Å². The lowest BCUT2D eigenvalue weighted by molar-refractivity contribution is 0.476. The van der Waals surface area contributed by atoms with Crippen LogP contribution in [0.15, 0.2) is 70.8 Å². The fourth-order valence-corrected chi connectivity index (χ4v) is 3.45. The lowest BCUT2D eigenvalue weighted by atomic mass is 10.2. The van der Waals surface area contributed by atoms with Gasteiger partial charge in [-0.15, -0.1) is 16.8 Å². The van der Waals surface area contributed by atoms with Gasteiger partial charge in [-0.2, -0.15) is 0 Å². The summed E-state index contributed by atoms with van der Waals surface area (Å²) in [7, 11) is 0. The van der Waals surface area contributed by atoms with E-state index in [2.05, 4.69) is 44.8 Å². The monoisotopic (exact) mass is 401 g/mol. The Morgan fingerprint density at radius 3 is 2.58 bits per heavy atom. The molecule has 0 fully saturated rings. The van der Waals surface area contributed by atoms with Gasteiger partial charge in [-0.25, -0.2) is 0 Å². The number of halogens is 1. The molecule has 4 nitrogen and oxygen atoms in total. The number of phenols is 1. The molecule has 0 saturated heterocycles. The number of aromatic nitrogens is 3. The largest absolute Gasteiger partial charge is 0.507 e. The van der Waals surface area contributed by atoms with Crippen molar-refractivity contribution in [3.63, 3.8) is 0 Å². The van der Waals surface area contributed by atoms with E-state index in [1.165, 1.54) is 5.56 Å². The van der Waals surface area contributed by atoms with E-state index in [9.17, 15) is 5.11 Å². The van der Waals surface area contributed by atoms with E-state index >= 15 is 0 Å². The third-order valence-electron chi connectivity index (χ3n) is 3.45. The van der Waals surface area contributed by atoms with E-state index in [4.69, 9.17) is 0 Å². The summed E-state index contributed by atoms with van der Waals surface area (Å²) in [4.78, 5) is 0. The van der Waals surface area contributed by atoms with Crippen LogP contribution in [0.3, 0.4) is 0 Å². The van der Waals surface area contributed by atoms with E-state index < -0.39 is 0 Å². The first-order valence-corrected chi connectivity index (χ1v) is 9.16. The third kappa shape index (κ3) is 3.71. The van der Waals surface area contributed by atoms with Gasteiger partial charge in [0.25, 0.3) is 0 Å². The number of aromatic hydroxyl groups is 1. The zero-order valence-corrected chi connectivity index (χ0v) is 15.3. The van der Waals surface area contributed by atoms with Crippen molar-refractivity contribution in [3.05, 3.63) is 71.2 Å². The van der Waals surface area contributed by atoms with Crippen molar-refractivity contribution < 1.29 is 5.11 Å². The van der Waals surface area contributed by atoms with E-state index in [0.29, 0.717) is 17.9 Å². The molecule has 0 aliphatic heterocycles. The number of nitrogens with zero attached hydrogens (tertiary/aromatic N) is 3. The maximum atomic E-state index is 10.1. The molecular weight excluding hydrogens is 386 g/mol. The number of hydrogen-bond donors (Lipinski definition) is 1. The number of hydrogen-bond acceptors (Lipinski definition) is 4. The van der Waals surface area contributed by atoms with Crippen molar-refractivity contribution in [2.45, 2.75) is 17.5 Å². The molecule has 0 atom stereocenters. The molecule has 24 heavy (non-hydrogen) atoms. The van der Waals surface area contributed by atoms with Crippen molar-refractivity contribution in [2.24, 2.45) is 0 Å². The number of rotatable bonds is 6. The summed E-state index contributed by atoms with van der Waals surface area (Å²) in [6.07, 6.45) is 1.80. The van der Waals surface area contributed by atoms with Gasteiger partial charge >= 0.3 is 0 Å². The fraction of sp³-hybridized carbons (Fsp3) is 0.111. The van der Waals surface area contributed by atoms with Gasteiger partial charge in [0.1, 0.15) is 5.75 Å². The molecule has 2 aromatic carbocycles. The van der Waals surface area contributed by atoms with Crippen molar-refractivity contribution >= 4 is 27.7 Å². The van der Waals surface area contributed by atoms with Crippen LogP contribution in [0.1, 0.15) is 5.56 Å². The first kappa shape index (κ1) is 16.8. The Balaban J connectivity index is 1.87. The fourth-order valence-electron chi connectivity index (χ4n) is 2.28. The number of phenolic OH excluding ortho intramolecular Hbond substituents is 1. The predicted molar refractivity (Wildman–Crippen MR) is 101 cm³/mol. The zero-order chi connectivity index (χ0) is 16.9. The minimum atomic E-state index is 0.194. The minimum Gasteiger partial charge on any atom is -0.507 e. The molecule has 0 amide bonds. The number of benzene rings is 2. The van der Waals surface area contributed by atoms with Gasteiger partial charge in [0, 0.05) is 16.8 Å². The van der Waals surface area contributed by atoms with Gasteiger partial charge in [0.05, 0.1) is 5.56 Å². The van der Waals surface area contributed by atoms with Gasteiger partial charge in [0.2, 0.25) is 0 Å². The van der Waals surface area contributed by atoms with Gasteiger partial charge in [0.15, 0.2) is 11.0 Å². The van der Waals surface area contributed by atoms with E-state index in [1.807, 2.05) is 28.8 Å². The average Bonchev–Trinajstić information content (AvgIpc) is 2.98. The summed E-state index contributed by atoms with van der Waals surface area (Å²) in [5.41, 5.74) is 1.88. The summed E-state index contributed by atoms with van der Waals surface area (Å²) in [6, 6.07) is 15.4. The molecule has 0 radical (unpaired) electrons. The molecule has 0 bridgehead atoms. The highest BCUT2D eigenvalue weighted by molar-refractivity contribution is 9.10. The minimum absolute atomic E-state index is 0.194. The van der Waals surface area contributed by atoms with Crippen LogP contribution in [0.5, 0.6) is 5.75 Å². The molecule has 3 aromatic rings. The second-order valence-corrected chi connectivity index (χ2v) is 7.00. The first-order valence-electron chi connectivity index (χ1n) is 7.38. The Labute approximate surface area is 153 Å². The molecule has 0 spiro atoms. The highest BCUT2D eigenvalue weighted by Crippen LogP contribution is 2.31. The summed E-state index contributed by atoms with van der Waals surface area (Å²) in [5.74, 6) is 1.63. The van der Waals surface area contributed by atoms with Crippen molar-refractivity contribution in [3.8, 4) is 17.1 Å². The van der Waals surface area contributed by atoms with Crippen LogP contribution in [-0.4, -0.2) is 19.9 Å². The standard InChI is InChI=1S/C18H16BrN3OS/c1-2-11-22-17(15-5-3-4-6-16(15)23)20-21-18(22)24-12-13-7-9-14(19)10-8-13/h2-10,23H,1,11-12H2. The summed E-state index contributed by atoms with van der Waals surface area (Å²) in [5, 5.41) is 19.4. The number of para-hydroxylation sites is 1. The maximum absolute atomic E-state index is 10.1. The zero-order valence-electron chi connectivity index (χ0n) is 12.9. The first-order chi connectivity index (χ1) is 11.7. The van der Waals surface area contributed by atoms with Crippen LogP contribution in [0.4, 0.5) is 0 Å². The Morgan fingerprint density at radius 2 is 1.88 bits per heavy atom. The van der Waals surface area contributed by atoms with E-state index in [-0.39, 0.29) is 5.75 Å². The normalized spacial score (nSPS) is 10.7. The summed E-state index contributed by atoms with van der Waals surface area (Å²) in [6.45, 7) is 4.39. The van der Waals surface area contributed by atoms with Crippen LogP contribution in [0.2, 0.25) is 0 Å². The summed E-state index contributed by atoms with van der Waals surface area (Å²) >= 11 is 5.05. The second kappa shape index (κ2) is 7.68. The van der Waals surface area contributed by atoms with Crippen LogP contribution in [0.25, 0.3) is 11.4 Å². The quantitative estimate of drug-likeness (QED) is 0.471. The molecule has 6 heteroatoms. The van der Waals surface area contributed by atoms with Gasteiger partial charge in [-0.05, 0) is 29.8 Å². The Bertz CT molecular complexity index is 846. The molecule has 122 valence electrons. The molecule has 0 aliphatic rings. The van der Waals surface area contributed by atoms with E-state index in [0.717, 1.165) is 15.4 Å². The lowest BCUT2D eigenvalue weighted by Crippen LogP contribution is -2.00. The van der Waals surface area contributed by atoms with Crippen LogP contribution in [0, 0.1) is 0 Å². The van der Waals surface area contributed by atoms with Crippen molar-refractivity contribution in [1.29, 1.82) is 0 Å². The summed E-state index contributed by atoms with van der Waals surface area (Å²) < 4.78 is 3.03. The second-order valence-electron chi connectivity index (χ2n) is 5.14. The smallest absolute Gasteiger partial charge is 0.192 e. The highest BCUT2D eigenvalue weighted by atomic mass is 79.9. The van der Waals surface area contributed by atoms with Crippen molar-refractivity contribution in [2.75, 3.05) is 0 Å². The average molecular weight is 402 g/mol. The SMILES string of the molecule is C=CCn1c(SCc2ccc(Br)cc2)nnc1-c1ccccc1O. The molecule has 3 rings (SSSR count). The van der Waals surface area contributed by atoms with Gasteiger partial charge in [-0.3, -0.25) is 4.57 Å². The molecule has 1 heterocycles. The molecule has 0 aliphatic carbocycles. The van der Waals surface area contributed by atoms with Crippen LogP contribution >= 0.6 is 27.7 Å². The number of thioether (sulfide) groups is 1.